The lowest BCUT2D eigenvalue weighted by Gasteiger charge is -2.10. The summed E-state index contributed by atoms with van der Waals surface area (Å²) in [6, 6.07) is 8.44. The average Bonchev–Trinajstić information content (AvgIpc) is 2.34. The fraction of sp³-hybridized carbons (Fsp3) is 0.0714. The van der Waals surface area contributed by atoms with Crippen molar-refractivity contribution in [2.45, 2.75) is 6.92 Å². The van der Waals surface area contributed by atoms with Crippen molar-refractivity contribution in [2.24, 2.45) is 0 Å². The predicted molar refractivity (Wildman–Crippen MR) is 69.6 cm³/mol. The first-order valence-corrected chi connectivity index (χ1v) is 5.82. The van der Waals surface area contributed by atoms with Gasteiger partial charge in [0.25, 0.3) is 0 Å². The molecule has 5 heteroatoms. The summed E-state index contributed by atoms with van der Waals surface area (Å²) in [5, 5.41) is 9.17. The Morgan fingerprint density at radius 2 is 1.95 bits per heavy atom. The molecule has 2 aromatic rings. The molecule has 0 radical (unpaired) electrons. The maximum Gasteiger partial charge on any atom is 0.335 e. The third kappa shape index (κ3) is 3.03. The van der Waals surface area contributed by atoms with Crippen LogP contribution in [-0.4, -0.2) is 11.1 Å². The molecule has 2 aromatic carbocycles. The Hall–Kier alpha value is -2.07. The Bertz CT molecular complexity index is 641. The van der Waals surface area contributed by atoms with E-state index in [-0.39, 0.29) is 16.3 Å². The smallest absolute Gasteiger partial charge is 0.335 e. The fourth-order valence-electron chi connectivity index (χ4n) is 1.52. The summed E-state index contributed by atoms with van der Waals surface area (Å²) < 4.78 is 19.0. The average molecular weight is 281 g/mol. The number of aromatic carboxylic acids is 1. The SMILES string of the molecule is Cc1ccc(C(=O)O)cc1Oc1ccc(Cl)cc1F. The molecule has 98 valence electrons. The van der Waals surface area contributed by atoms with Gasteiger partial charge in [-0.15, -0.1) is 0 Å². The van der Waals surface area contributed by atoms with E-state index in [0.29, 0.717) is 11.3 Å². The molecule has 3 nitrogen and oxygen atoms in total. The summed E-state index contributed by atoms with van der Waals surface area (Å²) in [4.78, 5) is 10.9. The van der Waals surface area contributed by atoms with E-state index in [1.165, 1.54) is 24.3 Å². The molecule has 0 aliphatic rings. The van der Waals surface area contributed by atoms with Gasteiger partial charge in [0.15, 0.2) is 11.6 Å². The normalized spacial score (nSPS) is 10.3. The third-order valence-corrected chi connectivity index (χ3v) is 2.78. The standard InChI is InChI=1S/C14H10ClFO3/c1-8-2-3-9(14(17)18)6-13(8)19-12-5-4-10(15)7-11(12)16/h2-7H,1H3,(H,17,18). The lowest BCUT2D eigenvalue weighted by molar-refractivity contribution is 0.0696. The van der Waals surface area contributed by atoms with Crippen LogP contribution in [0.3, 0.4) is 0 Å². The summed E-state index contributed by atoms with van der Waals surface area (Å²) in [5.74, 6) is -1.38. The molecule has 2 rings (SSSR count). The van der Waals surface area contributed by atoms with Gasteiger partial charge >= 0.3 is 5.97 Å². The van der Waals surface area contributed by atoms with Gasteiger partial charge in [0.2, 0.25) is 0 Å². The quantitative estimate of drug-likeness (QED) is 0.913. The minimum absolute atomic E-state index is 0.00459. The van der Waals surface area contributed by atoms with Gasteiger partial charge in [-0.3, -0.25) is 0 Å². The van der Waals surface area contributed by atoms with E-state index in [4.69, 9.17) is 21.4 Å². The van der Waals surface area contributed by atoms with Crippen LogP contribution in [0.2, 0.25) is 5.02 Å². The number of halogens is 2. The highest BCUT2D eigenvalue weighted by atomic mass is 35.5. The van der Waals surface area contributed by atoms with E-state index in [0.717, 1.165) is 6.07 Å². The highest BCUT2D eigenvalue weighted by Gasteiger charge is 2.10. The van der Waals surface area contributed by atoms with Gasteiger partial charge in [0.1, 0.15) is 5.75 Å². The molecular formula is C14H10ClFO3. The number of rotatable bonds is 3. The molecule has 0 aliphatic heterocycles. The number of carbonyl (C=O) groups is 1. The summed E-state index contributed by atoms with van der Waals surface area (Å²) in [6.45, 7) is 1.74. The van der Waals surface area contributed by atoms with Gasteiger partial charge in [-0.05, 0) is 42.8 Å². The van der Waals surface area contributed by atoms with E-state index in [2.05, 4.69) is 0 Å². The largest absolute Gasteiger partial charge is 0.478 e. The van der Waals surface area contributed by atoms with Crippen molar-refractivity contribution in [3.8, 4) is 11.5 Å². The number of aryl methyl sites for hydroxylation is 1. The van der Waals surface area contributed by atoms with Crippen molar-refractivity contribution in [1.29, 1.82) is 0 Å². The zero-order valence-electron chi connectivity index (χ0n) is 9.98. The number of carboxylic acids is 1. The first-order valence-electron chi connectivity index (χ1n) is 5.44. The monoisotopic (exact) mass is 280 g/mol. The molecule has 0 atom stereocenters. The highest BCUT2D eigenvalue weighted by Crippen LogP contribution is 2.29. The minimum Gasteiger partial charge on any atom is -0.478 e. The molecule has 0 amide bonds. The van der Waals surface area contributed by atoms with Crippen molar-refractivity contribution in [1.82, 2.24) is 0 Å². The predicted octanol–water partition coefficient (Wildman–Crippen LogP) is 4.28. The number of hydrogen-bond acceptors (Lipinski definition) is 2. The summed E-state index contributed by atoms with van der Waals surface area (Å²) in [5.41, 5.74) is 0.786. The van der Waals surface area contributed by atoms with Gasteiger partial charge in [-0.1, -0.05) is 17.7 Å². The summed E-state index contributed by atoms with van der Waals surface area (Å²) in [7, 11) is 0. The van der Waals surface area contributed by atoms with E-state index in [9.17, 15) is 9.18 Å². The molecule has 0 aromatic heterocycles. The van der Waals surface area contributed by atoms with Gasteiger partial charge in [-0.25, -0.2) is 9.18 Å². The molecule has 1 N–H and O–H groups in total. The maximum atomic E-state index is 13.6. The van der Waals surface area contributed by atoms with Crippen molar-refractivity contribution in [2.75, 3.05) is 0 Å². The zero-order valence-corrected chi connectivity index (χ0v) is 10.7. The third-order valence-electron chi connectivity index (χ3n) is 2.55. The van der Waals surface area contributed by atoms with Crippen LogP contribution >= 0.6 is 11.6 Å². The van der Waals surface area contributed by atoms with Crippen LogP contribution in [0, 0.1) is 12.7 Å². The first kappa shape index (κ1) is 13.4. The van der Waals surface area contributed by atoms with Crippen LogP contribution in [0.25, 0.3) is 0 Å². The molecule has 0 aliphatic carbocycles. The molecule has 0 fully saturated rings. The van der Waals surface area contributed by atoms with Gasteiger partial charge in [-0.2, -0.15) is 0 Å². The van der Waals surface area contributed by atoms with E-state index in [1.807, 2.05) is 0 Å². The van der Waals surface area contributed by atoms with Crippen molar-refractivity contribution < 1.29 is 19.0 Å². The molecule has 0 saturated carbocycles. The Kier molecular flexibility index (Phi) is 3.71. The molecule has 0 spiro atoms. The fourth-order valence-corrected chi connectivity index (χ4v) is 1.68. The lowest BCUT2D eigenvalue weighted by atomic mass is 10.1. The molecule has 0 unspecified atom stereocenters. The van der Waals surface area contributed by atoms with E-state index in [1.54, 1.807) is 13.0 Å². The van der Waals surface area contributed by atoms with Crippen LogP contribution < -0.4 is 4.74 Å². The Labute approximate surface area is 114 Å². The van der Waals surface area contributed by atoms with Crippen LogP contribution in [0.4, 0.5) is 4.39 Å². The van der Waals surface area contributed by atoms with Gasteiger partial charge < -0.3 is 9.84 Å². The first-order chi connectivity index (χ1) is 8.97. The van der Waals surface area contributed by atoms with Crippen molar-refractivity contribution in [3.05, 3.63) is 58.4 Å². The second-order valence-corrected chi connectivity index (χ2v) is 4.40. The summed E-state index contributed by atoms with van der Waals surface area (Å²) >= 11 is 5.64. The topological polar surface area (TPSA) is 46.5 Å². The van der Waals surface area contributed by atoms with Gasteiger partial charge in [0.05, 0.1) is 5.56 Å². The Morgan fingerprint density at radius 1 is 1.21 bits per heavy atom. The zero-order chi connectivity index (χ0) is 14.0. The van der Waals surface area contributed by atoms with E-state index < -0.39 is 11.8 Å². The second kappa shape index (κ2) is 5.28. The van der Waals surface area contributed by atoms with Crippen LogP contribution in [0.1, 0.15) is 15.9 Å². The highest BCUT2D eigenvalue weighted by molar-refractivity contribution is 6.30. The number of benzene rings is 2. The molecular weight excluding hydrogens is 271 g/mol. The molecule has 19 heavy (non-hydrogen) atoms. The number of ether oxygens (including phenoxy) is 1. The van der Waals surface area contributed by atoms with Gasteiger partial charge in [0, 0.05) is 5.02 Å². The van der Waals surface area contributed by atoms with E-state index >= 15 is 0 Å². The van der Waals surface area contributed by atoms with Crippen molar-refractivity contribution in [3.63, 3.8) is 0 Å². The number of carboxylic acid groups (broad SMARTS) is 1. The molecule has 0 bridgehead atoms. The minimum atomic E-state index is -1.07. The Morgan fingerprint density at radius 3 is 2.58 bits per heavy atom. The number of hydrogen-bond donors (Lipinski definition) is 1. The van der Waals surface area contributed by atoms with Crippen molar-refractivity contribution >= 4 is 17.6 Å². The maximum absolute atomic E-state index is 13.6. The van der Waals surface area contributed by atoms with Crippen LogP contribution in [0.5, 0.6) is 11.5 Å². The Balaban J connectivity index is 2.37. The molecule has 0 saturated heterocycles. The summed E-state index contributed by atoms with van der Waals surface area (Å²) in [6.07, 6.45) is 0. The molecule has 0 heterocycles. The second-order valence-electron chi connectivity index (χ2n) is 3.96. The van der Waals surface area contributed by atoms with Crippen LogP contribution in [-0.2, 0) is 0 Å². The van der Waals surface area contributed by atoms with Crippen LogP contribution in [0.15, 0.2) is 36.4 Å². The lowest BCUT2D eigenvalue weighted by Crippen LogP contribution is -1.98.